The van der Waals surface area contributed by atoms with Gasteiger partial charge in [0, 0.05) is 29.4 Å². The van der Waals surface area contributed by atoms with E-state index in [9.17, 15) is 0 Å². The highest BCUT2D eigenvalue weighted by molar-refractivity contribution is 8.67. The molecule has 0 radical (unpaired) electrons. The first kappa shape index (κ1) is 24.7. The lowest BCUT2D eigenvalue weighted by molar-refractivity contribution is 0.0672. The number of unbranched alkanes of at least 4 members (excludes halogenated alkanes) is 1. The molecule has 10 heteroatoms. The van der Waals surface area contributed by atoms with E-state index in [0.29, 0.717) is 26.4 Å². The van der Waals surface area contributed by atoms with Gasteiger partial charge in [0.1, 0.15) is 18.0 Å². The molecule has 4 nitrogen and oxygen atoms in total. The lowest BCUT2D eigenvalue weighted by Crippen LogP contribution is -2.28. The van der Waals surface area contributed by atoms with Crippen molar-refractivity contribution in [2.75, 3.05) is 45.0 Å². The van der Waals surface area contributed by atoms with E-state index in [2.05, 4.69) is 27.7 Å². The van der Waals surface area contributed by atoms with Gasteiger partial charge in [-0.3, -0.25) is 0 Å². The first-order chi connectivity index (χ1) is 11.6. The number of ether oxygens (including phenoxy) is 1. The second-order valence-corrected chi connectivity index (χ2v) is 18.9. The average Bonchev–Trinajstić information content (AvgIpc) is 2.52. The molecule has 0 amide bonds. The van der Waals surface area contributed by atoms with Crippen LogP contribution in [-0.2, 0) is 41.9 Å². The van der Waals surface area contributed by atoms with Gasteiger partial charge in [-0.25, -0.2) is 0 Å². The Morgan fingerprint density at radius 1 is 1.16 bits per heavy atom. The fourth-order valence-corrected chi connectivity index (χ4v) is 9.54. The van der Waals surface area contributed by atoms with Crippen LogP contribution in [0, 0.1) is 10.8 Å². The molecule has 148 valence electrons. The highest BCUT2D eigenvalue weighted by Crippen LogP contribution is 2.64. The molecule has 0 bridgehead atoms. The minimum absolute atomic E-state index is 0.0153. The van der Waals surface area contributed by atoms with E-state index in [-0.39, 0.29) is 10.8 Å². The van der Waals surface area contributed by atoms with Crippen LogP contribution in [0.2, 0.25) is 0 Å². The van der Waals surface area contributed by atoms with Gasteiger partial charge >= 0.3 is 6.13 Å². The maximum Gasteiger partial charge on any atom is 0.414 e. The minimum Gasteiger partial charge on any atom is -0.384 e. The van der Waals surface area contributed by atoms with Crippen molar-refractivity contribution in [3.8, 4) is 0 Å². The van der Waals surface area contributed by atoms with Crippen molar-refractivity contribution < 1.29 is 18.3 Å². The van der Waals surface area contributed by atoms with Crippen molar-refractivity contribution in [2.24, 2.45) is 10.8 Å². The average molecular weight is 466 g/mol. The van der Waals surface area contributed by atoms with Gasteiger partial charge in [0.2, 0.25) is 17.5 Å². The lowest BCUT2D eigenvalue weighted by atomic mass is 9.97. The largest absolute Gasteiger partial charge is 0.414 e. The van der Waals surface area contributed by atoms with Crippen LogP contribution in [0.4, 0.5) is 0 Å². The molecule has 0 N–H and O–H groups in total. The Kier molecular flexibility index (Phi) is 11.5. The second kappa shape index (κ2) is 11.6. The summed E-state index contributed by atoms with van der Waals surface area (Å²) >= 11 is 14.4. The molecule has 0 aromatic rings. The Morgan fingerprint density at radius 3 is 2.36 bits per heavy atom. The van der Waals surface area contributed by atoms with E-state index in [1.807, 2.05) is 0 Å². The van der Waals surface area contributed by atoms with Crippen LogP contribution in [-0.4, -0.2) is 45.0 Å². The van der Waals surface area contributed by atoms with Crippen molar-refractivity contribution in [3.63, 3.8) is 0 Å². The SMILES string of the molecule is COCC(C)(C)CO[P+](=S)SCCCCSP1(=S)OCC(C)(C)CO1. The van der Waals surface area contributed by atoms with E-state index in [4.69, 9.17) is 41.9 Å². The number of methoxy groups -OCH3 is 1. The van der Waals surface area contributed by atoms with Crippen LogP contribution in [0.5, 0.6) is 0 Å². The Morgan fingerprint density at radius 2 is 1.76 bits per heavy atom. The third kappa shape index (κ3) is 11.3. The summed E-state index contributed by atoms with van der Waals surface area (Å²) in [6.07, 6.45) is 1.37. The molecule has 1 saturated heterocycles. The zero-order valence-electron chi connectivity index (χ0n) is 15.8. The molecule has 0 saturated carbocycles. The van der Waals surface area contributed by atoms with Gasteiger partial charge in [0.25, 0.3) is 0 Å². The smallest absolute Gasteiger partial charge is 0.384 e. The molecule has 1 rings (SSSR count). The quantitative estimate of drug-likeness (QED) is 0.257. The van der Waals surface area contributed by atoms with Crippen LogP contribution in [0.3, 0.4) is 0 Å². The number of hydrogen-bond donors (Lipinski definition) is 0. The molecular formula is C15H31O4P2S4+. The summed E-state index contributed by atoms with van der Waals surface area (Å²) < 4.78 is 22.6. The molecule has 1 aliphatic rings. The van der Waals surface area contributed by atoms with Gasteiger partial charge in [0.15, 0.2) is 0 Å². The maximum absolute atomic E-state index is 5.83. The normalized spacial score (nSPS) is 20.4. The third-order valence-corrected chi connectivity index (χ3v) is 12.5. The fourth-order valence-electron chi connectivity index (χ4n) is 1.88. The third-order valence-electron chi connectivity index (χ3n) is 3.31. The Bertz CT molecular complexity index is 460. The molecule has 1 fully saturated rings. The Hall–Kier alpha value is 1.71. The van der Waals surface area contributed by atoms with Gasteiger partial charge < -0.3 is 13.8 Å². The van der Waals surface area contributed by atoms with Crippen LogP contribution in [0.1, 0.15) is 40.5 Å². The summed E-state index contributed by atoms with van der Waals surface area (Å²) in [5, 5.41) is 0. The van der Waals surface area contributed by atoms with E-state index < -0.39 is 11.8 Å². The first-order valence-electron chi connectivity index (χ1n) is 8.33. The van der Waals surface area contributed by atoms with Crippen molar-refractivity contribution in [1.82, 2.24) is 0 Å². The molecule has 0 spiro atoms. The minimum atomic E-state index is -2.11. The predicted molar refractivity (Wildman–Crippen MR) is 120 cm³/mol. The second-order valence-electron chi connectivity index (χ2n) is 7.63. The standard InChI is InChI=1S/C15H31O4P2S4/c1-14(2,10-16-5)11-17-20(22)24-8-6-7-9-25-21(23)18-12-15(3,4)13-19-21/h6-13H2,1-5H3/q+1. The molecular weight excluding hydrogens is 434 g/mol. The van der Waals surface area contributed by atoms with Crippen molar-refractivity contribution in [3.05, 3.63) is 0 Å². The van der Waals surface area contributed by atoms with Gasteiger partial charge in [-0.15, -0.1) is 0 Å². The molecule has 1 aliphatic heterocycles. The first-order valence-corrected chi connectivity index (χ1v) is 16.4. The maximum atomic E-state index is 5.83. The van der Waals surface area contributed by atoms with Crippen LogP contribution in [0.25, 0.3) is 0 Å². The molecule has 0 aromatic heterocycles. The van der Waals surface area contributed by atoms with E-state index in [1.54, 1.807) is 29.9 Å². The van der Waals surface area contributed by atoms with Crippen LogP contribution in [0.15, 0.2) is 0 Å². The molecule has 0 aliphatic carbocycles. The summed E-state index contributed by atoms with van der Waals surface area (Å²) in [4.78, 5) is 0. The molecule has 1 heterocycles. The van der Waals surface area contributed by atoms with Gasteiger partial charge in [-0.1, -0.05) is 39.1 Å². The monoisotopic (exact) mass is 465 g/mol. The molecule has 1 unspecified atom stereocenters. The predicted octanol–water partition coefficient (Wildman–Crippen LogP) is 5.99. The summed E-state index contributed by atoms with van der Waals surface area (Å²) in [5.74, 6) is 2.01. The summed E-state index contributed by atoms with van der Waals surface area (Å²) in [6, 6.07) is 0. The summed E-state index contributed by atoms with van der Waals surface area (Å²) in [6.45, 7) is 11.3. The molecule has 0 aromatic carbocycles. The topological polar surface area (TPSA) is 36.9 Å². The molecule has 1 atom stereocenters. The highest BCUT2D eigenvalue weighted by Gasteiger charge is 2.33. The lowest BCUT2D eigenvalue weighted by Gasteiger charge is -2.35. The van der Waals surface area contributed by atoms with Crippen molar-refractivity contribution in [2.45, 2.75) is 40.5 Å². The van der Waals surface area contributed by atoms with Gasteiger partial charge in [-0.2, -0.15) is 4.52 Å². The van der Waals surface area contributed by atoms with E-state index >= 15 is 0 Å². The van der Waals surface area contributed by atoms with E-state index in [0.717, 1.165) is 24.3 Å². The zero-order chi connectivity index (χ0) is 19.0. The fraction of sp³-hybridized carbons (Fsp3) is 1.00. The number of rotatable bonds is 12. The molecule has 25 heavy (non-hydrogen) atoms. The van der Waals surface area contributed by atoms with Crippen molar-refractivity contribution in [1.29, 1.82) is 0 Å². The zero-order valence-corrected chi connectivity index (χ0v) is 20.9. The summed E-state index contributed by atoms with van der Waals surface area (Å²) in [7, 11) is 1.71. The van der Waals surface area contributed by atoms with Gasteiger partial charge in [-0.05, 0) is 24.6 Å². The highest BCUT2D eigenvalue weighted by atomic mass is 32.9. The van der Waals surface area contributed by atoms with E-state index in [1.165, 1.54) is 0 Å². The Balaban J connectivity index is 2.07. The Labute approximate surface area is 172 Å². The van der Waals surface area contributed by atoms with Crippen LogP contribution >= 0.6 is 34.6 Å². The van der Waals surface area contributed by atoms with Crippen LogP contribution < -0.4 is 0 Å². The summed E-state index contributed by atoms with van der Waals surface area (Å²) in [5.41, 5.74) is -2.01. The van der Waals surface area contributed by atoms with Crippen molar-refractivity contribution >= 4 is 58.2 Å². The number of hydrogen-bond acceptors (Lipinski definition) is 8. The van der Waals surface area contributed by atoms with Gasteiger partial charge in [0.05, 0.1) is 19.8 Å².